The van der Waals surface area contributed by atoms with Crippen LogP contribution in [-0.4, -0.2) is 95.6 Å². The van der Waals surface area contributed by atoms with Crippen molar-refractivity contribution in [3.05, 3.63) is 101 Å². The van der Waals surface area contributed by atoms with Crippen molar-refractivity contribution < 1.29 is 45.4 Å². The standard InChI is InChI=1S/C47H58N6O10S2Si/c1-46(2,3)62-44(54)53(45(55)63-47(4,5)6)40-27-33-13-12-14-37(42(33)49-40)36-23-24-39(64(56,57)25-26-66(9,10)11)43(41(36)38-28-48-51-50-38)65(58,59)52(29-31-15-19-34(60-7)20-16-31)30-32-17-21-35(61-8)22-18-32/h12-24H,25-30H2,1-11H3. The van der Waals surface area contributed by atoms with Crippen LogP contribution >= 0.6 is 0 Å². The second-order valence-corrected chi connectivity index (χ2v) is 28.7. The molecule has 2 amide bonds. The average Bonchev–Trinajstić information content (AvgIpc) is 3.92. The zero-order valence-electron chi connectivity index (χ0n) is 39.3. The summed E-state index contributed by atoms with van der Waals surface area (Å²) in [6, 6.07) is 22.4. The van der Waals surface area contributed by atoms with Crippen molar-refractivity contribution in [3.8, 4) is 22.6 Å². The summed E-state index contributed by atoms with van der Waals surface area (Å²) < 4.78 is 84.7. The molecule has 19 heteroatoms. The average molecular weight is 959 g/mol. The minimum Gasteiger partial charge on any atom is -0.497 e. The molecule has 352 valence electrons. The van der Waals surface area contributed by atoms with Crippen LogP contribution in [0.1, 0.15) is 63.8 Å². The first-order valence-corrected chi connectivity index (χ1v) is 28.2. The number of amidine groups is 1. The fourth-order valence-electron chi connectivity index (χ4n) is 7.15. The van der Waals surface area contributed by atoms with Gasteiger partial charge in [-0.2, -0.15) is 14.3 Å². The van der Waals surface area contributed by atoms with E-state index < -0.39 is 56.2 Å². The molecule has 0 atom stereocenters. The molecule has 2 aliphatic rings. The number of rotatable bonds is 14. The molecule has 0 unspecified atom stereocenters. The summed E-state index contributed by atoms with van der Waals surface area (Å²) in [5, 5.41) is 12.3. The monoisotopic (exact) mass is 958 g/mol. The van der Waals surface area contributed by atoms with Crippen LogP contribution < -0.4 is 9.47 Å². The summed E-state index contributed by atoms with van der Waals surface area (Å²) in [6.45, 7) is 15.7. The fourth-order valence-corrected chi connectivity index (χ4v) is 14.0. The van der Waals surface area contributed by atoms with Crippen LogP contribution in [0, 0.1) is 0 Å². The molecule has 0 saturated heterocycles. The van der Waals surface area contributed by atoms with E-state index in [1.165, 1.54) is 24.6 Å². The van der Waals surface area contributed by atoms with Gasteiger partial charge >= 0.3 is 12.2 Å². The quantitative estimate of drug-likeness (QED) is 0.110. The third kappa shape index (κ3) is 11.8. The van der Waals surface area contributed by atoms with Crippen LogP contribution in [-0.2, 0) is 48.8 Å². The Morgan fingerprint density at radius 1 is 0.727 bits per heavy atom. The summed E-state index contributed by atoms with van der Waals surface area (Å²) in [5.74, 6) is 0.862. The van der Waals surface area contributed by atoms with E-state index in [1.807, 2.05) is 19.6 Å². The Hall–Kier alpha value is -5.76. The number of sulfonamides is 1. The van der Waals surface area contributed by atoms with Crippen LogP contribution in [0.5, 0.6) is 11.5 Å². The normalized spacial score (nSPS) is 14.1. The van der Waals surface area contributed by atoms with E-state index in [9.17, 15) is 18.0 Å². The van der Waals surface area contributed by atoms with E-state index in [4.69, 9.17) is 23.9 Å². The zero-order valence-corrected chi connectivity index (χ0v) is 42.0. The van der Waals surface area contributed by atoms with Gasteiger partial charge < -0.3 is 18.9 Å². The second kappa shape index (κ2) is 19.2. The molecule has 6 rings (SSSR count). The Morgan fingerprint density at radius 2 is 1.27 bits per heavy atom. The van der Waals surface area contributed by atoms with Gasteiger partial charge in [-0.15, -0.1) is 5.10 Å². The number of hydrogen-bond acceptors (Lipinski definition) is 14. The number of carbonyl (C=O) groups excluding carboxylic acids is 2. The van der Waals surface area contributed by atoms with Crippen LogP contribution in [0.2, 0.25) is 25.7 Å². The lowest BCUT2D eigenvalue weighted by molar-refractivity contribution is 0.0145. The zero-order chi connectivity index (χ0) is 48.4. The van der Waals surface area contributed by atoms with Crippen molar-refractivity contribution in [2.75, 3.05) is 26.5 Å². The molecule has 2 aliphatic heterocycles. The predicted octanol–water partition coefficient (Wildman–Crippen LogP) is 9.80. The van der Waals surface area contributed by atoms with Crippen molar-refractivity contribution in [1.82, 2.24) is 9.21 Å². The lowest BCUT2D eigenvalue weighted by atomic mass is 9.93. The number of carbonyl (C=O) groups is 2. The lowest BCUT2D eigenvalue weighted by Crippen LogP contribution is -2.47. The number of ether oxygens (including phenoxy) is 4. The van der Waals surface area contributed by atoms with Crippen LogP contribution in [0.4, 0.5) is 15.3 Å². The molecular weight excluding hydrogens is 901 g/mol. The van der Waals surface area contributed by atoms with Gasteiger partial charge in [-0.3, -0.25) is 0 Å². The van der Waals surface area contributed by atoms with E-state index in [-0.39, 0.29) is 59.4 Å². The van der Waals surface area contributed by atoms with Crippen molar-refractivity contribution in [2.45, 2.75) is 108 Å². The van der Waals surface area contributed by atoms with E-state index in [0.29, 0.717) is 45.5 Å². The first-order valence-electron chi connectivity index (χ1n) is 21.4. The molecule has 0 spiro atoms. The smallest absolute Gasteiger partial charge is 0.425 e. The Morgan fingerprint density at radius 3 is 1.74 bits per heavy atom. The molecule has 0 N–H and O–H groups in total. The number of methoxy groups -OCH3 is 2. The summed E-state index contributed by atoms with van der Waals surface area (Å²) in [7, 11) is -8.02. The third-order valence-corrected chi connectivity index (χ3v) is 16.2. The highest BCUT2D eigenvalue weighted by atomic mass is 32.2. The maximum absolute atomic E-state index is 15.9. The van der Waals surface area contributed by atoms with E-state index in [0.717, 1.165) is 4.90 Å². The molecule has 4 aromatic carbocycles. The van der Waals surface area contributed by atoms with Crippen molar-refractivity contribution in [3.63, 3.8) is 0 Å². The predicted molar refractivity (Wildman–Crippen MR) is 256 cm³/mol. The number of hydrogen-bond donors (Lipinski definition) is 0. The number of nitrogens with zero attached hydrogens (tertiary/aromatic N) is 6. The number of benzene rings is 4. The molecule has 66 heavy (non-hydrogen) atoms. The van der Waals surface area contributed by atoms with E-state index in [1.54, 1.807) is 114 Å². The van der Waals surface area contributed by atoms with Gasteiger partial charge in [0.25, 0.3) is 0 Å². The molecule has 16 nitrogen and oxygen atoms in total. The third-order valence-electron chi connectivity index (χ3n) is 10.4. The summed E-state index contributed by atoms with van der Waals surface area (Å²) in [5.41, 5.74) is 0.901. The van der Waals surface area contributed by atoms with Crippen LogP contribution in [0.3, 0.4) is 0 Å². The largest absolute Gasteiger partial charge is 0.497 e. The highest BCUT2D eigenvalue weighted by molar-refractivity contribution is 7.93. The summed E-state index contributed by atoms with van der Waals surface area (Å²) >= 11 is 0. The Labute approximate surface area is 388 Å². The van der Waals surface area contributed by atoms with Gasteiger partial charge in [0, 0.05) is 38.7 Å². The molecule has 0 aromatic heterocycles. The maximum Gasteiger partial charge on any atom is 0.425 e. The second-order valence-electron chi connectivity index (χ2n) is 19.2. The number of para-hydroxylation sites is 1. The topological polar surface area (TPSA) is 195 Å². The van der Waals surface area contributed by atoms with Gasteiger partial charge in [-0.1, -0.05) is 68.2 Å². The summed E-state index contributed by atoms with van der Waals surface area (Å²) in [4.78, 5) is 32.2. The van der Waals surface area contributed by atoms with Gasteiger partial charge in [0.1, 0.15) is 40.0 Å². The SMILES string of the molecule is COc1ccc(CN(Cc2ccc(OC)cc2)S(=O)(=O)c2c(S(=O)(=O)CC[Si](C)(C)C)ccc(-c3cccc4c3N=C(N(C(=O)OC(C)(C)C)C(=O)OC(C)(C)C)C4)c2C2=NN=NC2)cc1. The molecule has 0 radical (unpaired) electrons. The first kappa shape index (κ1) is 49.7. The Balaban J connectivity index is 1.63. The van der Waals surface area contributed by atoms with Gasteiger partial charge in [-0.25, -0.2) is 31.4 Å². The Bertz CT molecular complexity index is 2730. The molecule has 0 aliphatic carbocycles. The maximum atomic E-state index is 15.9. The van der Waals surface area contributed by atoms with Gasteiger partial charge in [-0.05, 0) is 105 Å². The molecule has 0 saturated carbocycles. The molecule has 2 heterocycles. The number of sulfone groups is 1. The van der Waals surface area contributed by atoms with Crippen molar-refractivity contribution in [1.29, 1.82) is 0 Å². The highest BCUT2D eigenvalue weighted by Gasteiger charge is 2.41. The van der Waals surface area contributed by atoms with E-state index >= 15 is 8.42 Å². The summed E-state index contributed by atoms with van der Waals surface area (Å²) in [6.07, 6.45) is -2.00. The van der Waals surface area contributed by atoms with Gasteiger partial charge in [0.05, 0.1) is 36.3 Å². The van der Waals surface area contributed by atoms with Crippen molar-refractivity contribution in [2.24, 2.45) is 20.4 Å². The molecular formula is C47H58N6O10S2Si. The van der Waals surface area contributed by atoms with Crippen molar-refractivity contribution >= 4 is 57.4 Å². The molecule has 4 aromatic rings. The highest BCUT2D eigenvalue weighted by Crippen LogP contribution is 2.44. The minimum absolute atomic E-state index is 0.00554. The first-order chi connectivity index (χ1) is 30.8. The van der Waals surface area contributed by atoms with Crippen LogP contribution in [0.25, 0.3) is 11.1 Å². The number of fused-ring (bicyclic) bond motifs is 1. The molecule has 0 fully saturated rings. The minimum atomic E-state index is -4.82. The van der Waals surface area contributed by atoms with E-state index in [2.05, 4.69) is 15.4 Å². The molecule has 0 bridgehead atoms. The number of aliphatic imine (C=N–C) groups is 1. The number of amides is 2. The Kier molecular flexibility index (Phi) is 14.5. The van der Waals surface area contributed by atoms with Gasteiger partial charge in [0.2, 0.25) is 10.0 Å². The van der Waals surface area contributed by atoms with Gasteiger partial charge in [0.15, 0.2) is 9.84 Å². The lowest BCUT2D eigenvalue weighted by Gasteiger charge is -2.28. The fraction of sp³-hybridized carbons (Fsp3) is 0.404. The van der Waals surface area contributed by atoms with Crippen LogP contribution in [0.15, 0.2) is 109 Å². The number of imide groups is 1.